The number of para-hydroxylation sites is 2. The maximum absolute atomic E-state index is 12.5. The Balaban J connectivity index is 1.14. The topological polar surface area (TPSA) is 85.1 Å². The highest BCUT2D eigenvalue weighted by Crippen LogP contribution is 2.26. The SMILES string of the molecule is C=C(Cn1c(C)c(C=O)c2ccccc21)NCCSSCCNC(=O)Cn1c(C)c(C=O)c2ccccc21. The van der Waals surface area contributed by atoms with E-state index in [1.54, 1.807) is 21.6 Å². The number of nitrogens with one attached hydrogen (secondary N) is 2. The van der Waals surface area contributed by atoms with Gasteiger partial charge in [0.15, 0.2) is 12.6 Å². The fourth-order valence-corrected chi connectivity index (χ4v) is 6.50. The van der Waals surface area contributed by atoms with Crippen molar-refractivity contribution in [2.75, 3.05) is 24.6 Å². The van der Waals surface area contributed by atoms with Crippen molar-refractivity contribution in [3.63, 3.8) is 0 Å². The van der Waals surface area contributed by atoms with Crippen molar-refractivity contribution in [3.8, 4) is 0 Å². The van der Waals surface area contributed by atoms with Crippen molar-refractivity contribution in [2.45, 2.75) is 26.9 Å². The number of benzene rings is 2. The lowest BCUT2D eigenvalue weighted by atomic mass is 10.1. The molecule has 0 aliphatic rings. The molecular weight excluding hydrogens is 516 g/mol. The Hall–Kier alpha value is -3.43. The van der Waals surface area contributed by atoms with Crippen LogP contribution in [0.25, 0.3) is 21.8 Å². The summed E-state index contributed by atoms with van der Waals surface area (Å²) in [5.74, 6) is 1.62. The highest BCUT2D eigenvalue weighted by molar-refractivity contribution is 8.76. The first-order valence-electron chi connectivity index (χ1n) is 12.4. The van der Waals surface area contributed by atoms with Gasteiger partial charge in [0.2, 0.25) is 5.91 Å². The van der Waals surface area contributed by atoms with E-state index in [2.05, 4.69) is 21.8 Å². The predicted octanol–water partition coefficient (Wildman–Crippen LogP) is 5.14. The monoisotopic (exact) mass is 548 g/mol. The predicted molar refractivity (Wildman–Crippen MR) is 159 cm³/mol. The molecule has 7 nitrogen and oxygen atoms in total. The highest BCUT2D eigenvalue weighted by Gasteiger charge is 2.15. The minimum absolute atomic E-state index is 0.0690. The molecule has 198 valence electrons. The summed E-state index contributed by atoms with van der Waals surface area (Å²) >= 11 is 0. The lowest BCUT2D eigenvalue weighted by molar-refractivity contribution is -0.121. The van der Waals surface area contributed by atoms with Crippen molar-refractivity contribution in [1.82, 2.24) is 19.8 Å². The number of rotatable bonds is 14. The minimum atomic E-state index is -0.0690. The molecule has 2 N–H and O–H groups in total. The van der Waals surface area contributed by atoms with Crippen LogP contribution in [0.1, 0.15) is 32.1 Å². The molecule has 2 aromatic carbocycles. The van der Waals surface area contributed by atoms with Gasteiger partial charge in [0.05, 0.1) is 6.54 Å². The van der Waals surface area contributed by atoms with E-state index in [1.165, 1.54) is 0 Å². The molecule has 1 amide bonds. The van der Waals surface area contributed by atoms with E-state index in [-0.39, 0.29) is 12.5 Å². The molecule has 0 fully saturated rings. The van der Waals surface area contributed by atoms with E-state index in [4.69, 9.17) is 0 Å². The van der Waals surface area contributed by atoms with Crippen LogP contribution in [0.2, 0.25) is 0 Å². The maximum Gasteiger partial charge on any atom is 0.239 e. The number of nitrogens with zero attached hydrogens (tertiary/aromatic N) is 2. The summed E-state index contributed by atoms with van der Waals surface area (Å²) in [6.45, 7) is 10.1. The molecule has 2 heterocycles. The van der Waals surface area contributed by atoms with E-state index in [9.17, 15) is 14.4 Å². The third-order valence-electron chi connectivity index (χ3n) is 6.60. The van der Waals surface area contributed by atoms with E-state index in [0.717, 1.165) is 75.1 Å². The number of fused-ring (bicyclic) bond motifs is 2. The van der Waals surface area contributed by atoms with Crippen LogP contribution in [-0.2, 0) is 17.9 Å². The highest BCUT2D eigenvalue weighted by atomic mass is 33.1. The van der Waals surface area contributed by atoms with Crippen LogP contribution in [0, 0.1) is 13.8 Å². The van der Waals surface area contributed by atoms with Gasteiger partial charge in [0.25, 0.3) is 0 Å². The number of carbonyl (C=O) groups is 3. The van der Waals surface area contributed by atoms with Crippen LogP contribution >= 0.6 is 21.6 Å². The number of aldehydes is 2. The molecule has 4 aromatic rings. The summed E-state index contributed by atoms with van der Waals surface area (Å²) in [5.41, 5.74) is 5.95. The van der Waals surface area contributed by atoms with Crippen molar-refractivity contribution in [1.29, 1.82) is 0 Å². The first kappa shape index (κ1) is 27.6. The lowest BCUT2D eigenvalue weighted by Gasteiger charge is -2.13. The molecule has 0 saturated heterocycles. The van der Waals surface area contributed by atoms with Crippen LogP contribution in [0.5, 0.6) is 0 Å². The van der Waals surface area contributed by atoms with Crippen LogP contribution in [-0.4, -0.2) is 52.2 Å². The van der Waals surface area contributed by atoms with Gasteiger partial charge in [-0.2, -0.15) is 0 Å². The Bertz CT molecular complexity index is 1380. The molecule has 0 radical (unpaired) electrons. The van der Waals surface area contributed by atoms with Gasteiger partial charge in [-0.25, -0.2) is 0 Å². The third kappa shape index (κ3) is 6.00. The largest absolute Gasteiger partial charge is 0.386 e. The number of hydrogen-bond donors (Lipinski definition) is 2. The average Bonchev–Trinajstić information content (AvgIpc) is 3.35. The van der Waals surface area contributed by atoms with Gasteiger partial charge in [-0.05, 0) is 26.0 Å². The van der Waals surface area contributed by atoms with Gasteiger partial charge in [0.1, 0.15) is 6.54 Å². The van der Waals surface area contributed by atoms with E-state index >= 15 is 0 Å². The molecular formula is C29H32N4O3S2. The lowest BCUT2D eigenvalue weighted by Crippen LogP contribution is -2.29. The zero-order chi connectivity index (χ0) is 27.1. The summed E-state index contributed by atoms with van der Waals surface area (Å²) in [6, 6.07) is 15.6. The molecule has 0 unspecified atom stereocenters. The van der Waals surface area contributed by atoms with Crippen molar-refractivity contribution < 1.29 is 14.4 Å². The number of carbonyl (C=O) groups excluding carboxylic acids is 3. The Morgan fingerprint density at radius 3 is 1.79 bits per heavy atom. The Labute approximate surface area is 230 Å². The number of hydrogen-bond acceptors (Lipinski definition) is 6. The van der Waals surface area contributed by atoms with E-state index < -0.39 is 0 Å². The molecule has 2 aromatic heterocycles. The number of amides is 1. The molecule has 0 saturated carbocycles. The van der Waals surface area contributed by atoms with Crippen molar-refractivity contribution in [2.24, 2.45) is 0 Å². The third-order valence-corrected chi connectivity index (χ3v) is 9.01. The molecule has 0 aliphatic carbocycles. The second-order valence-electron chi connectivity index (χ2n) is 8.96. The Kier molecular flexibility index (Phi) is 9.36. The quantitative estimate of drug-likeness (QED) is 0.129. The number of aromatic nitrogens is 2. The summed E-state index contributed by atoms with van der Waals surface area (Å²) in [7, 11) is 3.46. The zero-order valence-electron chi connectivity index (χ0n) is 21.7. The van der Waals surface area contributed by atoms with Gasteiger partial charge in [-0.1, -0.05) is 64.6 Å². The first-order valence-corrected chi connectivity index (χ1v) is 14.9. The minimum Gasteiger partial charge on any atom is -0.386 e. The average molecular weight is 549 g/mol. The number of allylic oxidation sites excluding steroid dienone is 1. The van der Waals surface area contributed by atoms with E-state index in [1.807, 2.05) is 66.9 Å². The van der Waals surface area contributed by atoms with Crippen LogP contribution < -0.4 is 10.6 Å². The summed E-state index contributed by atoms with van der Waals surface area (Å²) in [4.78, 5) is 35.6. The van der Waals surface area contributed by atoms with Crippen LogP contribution in [0.3, 0.4) is 0 Å². The van der Waals surface area contributed by atoms with Gasteiger partial charge in [0, 0.05) is 74.6 Å². The molecule has 0 aliphatic heterocycles. The van der Waals surface area contributed by atoms with Gasteiger partial charge in [-0.15, -0.1) is 0 Å². The molecule has 0 bridgehead atoms. The Morgan fingerprint density at radius 1 is 0.789 bits per heavy atom. The summed E-state index contributed by atoms with van der Waals surface area (Å²) in [6.07, 6.45) is 1.78. The van der Waals surface area contributed by atoms with Gasteiger partial charge < -0.3 is 19.8 Å². The fourth-order valence-electron chi connectivity index (χ4n) is 4.69. The molecule has 0 atom stereocenters. The smallest absolute Gasteiger partial charge is 0.239 e. The zero-order valence-corrected chi connectivity index (χ0v) is 23.3. The van der Waals surface area contributed by atoms with Crippen molar-refractivity contribution in [3.05, 3.63) is 83.3 Å². The Morgan fingerprint density at radius 2 is 1.26 bits per heavy atom. The van der Waals surface area contributed by atoms with Gasteiger partial charge in [-0.3, -0.25) is 14.4 Å². The summed E-state index contributed by atoms with van der Waals surface area (Å²) < 4.78 is 4.02. The maximum atomic E-state index is 12.5. The van der Waals surface area contributed by atoms with Crippen LogP contribution in [0.15, 0.2) is 60.8 Å². The van der Waals surface area contributed by atoms with E-state index in [0.29, 0.717) is 18.7 Å². The van der Waals surface area contributed by atoms with Crippen molar-refractivity contribution >= 4 is 61.9 Å². The normalized spacial score (nSPS) is 11.1. The second-order valence-corrected chi connectivity index (χ2v) is 11.7. The summed E-state index contributed by atoms with van der Waals surface area (Å²) in [5, 5.41) is 8.19. The second kappa shape index (κ2) is 12.9. The molecule has 0 spiro atoms. The standard InChI is InChI=1S/C29H32N4O3S2/c1-20(16-32-21(2)25(18-34)23-8-4-6-10-27(23)32)30-12-14-37-38-15-13-31-29(36)17-33-22(3)26(19-35)24-9-5-7-11-28(24)33/h4-11,18-19,30H,1,12-17H2,2-3H3,(H,31,36). The fraction of sp³-hybridized carbons (Fsp3) is 0.276. The molecule has 9 heteroatoms. The molecule has 4 rings (SSSR count). The van der Waals surface area contributed by atoms with Crippen LogP contribution in [0.4, 0.5) is 0 Å². The van der Waals surface area contributed by atoms with Gasteiger partial charge >= 0.3 is 0 Å². The molecule has 38 heavy (non-hydrogen) atoms. The first-order chi connectivity index (χ1) is 18.5.